The molecular formula is C21H27ClN2O3. The normalized spacial score (nSPS) is 19.8. The molecule has 0 unspecified atom stereocenters. The maximum absolute atomic E-state index is 12.6. The number of halogens is 1. The summed E-state index contributed by atoms with van der Waals surface area (Å²) < 4.78 is 7.19. The van der Waals surface area contributed by atoms with Crippen molar-refractivity contribution in [2.45, 2.75) is 57.1 Å². The maximum atomic E-state index is 12.6. The molecule has 1 aromatic heterocycles. The molecule has 0 radical (unpaired) electrons. The van der Waals surface area contributed by atoms with E-state index < -0.39 is 5.60 Å². The summed E-state index contributed by atoms with van der Waals surface area (Å²) in [6.07, 6.45) is 9.18. The van der Waals surface area contributed by atoms with E-state index in [-0.39, 0.29) is 5.91 Å². The molecule has 0 spiro atoms. The predicted molar refractivity (Wildman–Crippen MR) is 107 cm³/mol. The van der Waals surface area contributed by atoms with Crippen LogP contribution in [0.2, 0.25) is 5.02 Å². The topological polar surface area (TPSA) is 63.5 Å². The lowest BCUT2D eigenvalue weighted by Gasteiger charge is -2.36. The second kappa shape index (κ2) is 7.82. The third-order valence-electron chi connectivity index (χ3n) is 5.89. The van der Waals surface area contributed by atoms with Crippen molar-refractivity contribution in [1.82, 2.24) is 4.57 Å². The number of aryl methyl sites for hydroxylation is 1. The Bertz CT molecular complexity index is 822. The van der Waals surface area contributed by atoms with Crippen LogP contribution in [0.1, 0.15) is 44.9 Å². The molecule has 2 aliphatic rings. The van der Waals surface area contributed by atoms with E-state index in [1.54, 1.807) is 0 Å². The molecule has 6 heteroatoms. The molecular weight excluding hydrogens is 364 g/mol. The van der Waals surface area contributed by atoms with Crippen LogP contribution in [0.15, 0.2) is 24.4 Å². The Morgan fingerprint density at radius 3 is 2.78 bits per heavy atom. The summed E-state index contributed by atoms with van der Waals surface area (Å²) in [5.41, 5.74) is 0.993. The van der Waals surface area contributed by atoms with Crippen molar-refractivity contribution in [2.75, 3.05) is 18.5 Å². The van der Waals surface area contributed by atoms with Crippen molar-refractivity contribution in [3.63, 3.8) is 0 Å². The van der Waals surface area contributed by atoms with Crippen LogP contribution in [-0.2, 0) is 16.1 Å². The molecule has 1 saturated heterocycles. The van der Waals surface area contributed by atoms with Crippen LogP contribution in [0.5, 0.6) is 0 Å². The number of hydrogen-bond acceptors (Lipinski definition) is 3. The van der Waals surface area contributed by atoms with E-state index in [2.05, 4.69) is 9.88 Å². The van der Waals surface area contributed by atoms with Gasteiger partial charge in [-0.1, -0.05) is 36.9 Å². The number of nitrogens with one attached hydrogen (secondary N) is 1. The van der Waals surface area contributed by atoms with Gasteiger partial charge in [0.25, 0.3) is 0 Å². The zero-order valence-electron chi connectivity index (χ0n) is 15.5. The molecule has 1 aliphatic heterocycles. The monoisotopic (exact) mass is 390 g/mol. The van der Waals surface area contributed by atoms with Crippen molar-refractivity contribution in [2.24, 2.45) is 5.92 Å². The molecule has 27 heavy (non-hydrogen) atoms. The number of rotatable bonds is 6. The number of fused-ring (bicyclic) bond motifs is 1. The zero-order valence-corrected chi connectivity index (χ0v) is 16.3. The number of ether oxygens (including phenoxy) is 1. The minimum atomic E-state index is -0.737. The fourth-order valence-electron chi connectivity index (χ4n) is 4.25. The van der Waals surface area contributed by atoms with Crippen molar-refractivity contribution in [3.05, 3.63) is 29.4 Å². The highest BCUT2D eigenvalue weighted by atomic mass is 35.5. The standard InChI is InChI=1S/C21H27ClN2O3/c22-16-7-4-8-18-20(16)17(12-24(18)10-9-21(26)13-27-14-21)23-19(25)11-15-5-2-1-3-6-15/h4,7-8,12,15,26H,1-3,5-6,9-11,13-14H2,(H,23,25). The first-order chi connectivity index (χ1) is 13.0. The second-order valence-corrected chi connectivity index (χ2v) is 8.50. The van der Waals surface area contributed by atoms with E-state index in [0.717, 1.165) is 29.4 Å². The maximum Gasteiger partial charge on any atom is 0.224 e. The first-order valence-corrected chi connectivity index (χ1v) is 10.3. The van der Waals surface area contributed by atoms with Gasteiger partial charge >= 0.3 is 0 Å². The molecule has 1 aliphatic carbocycles. The summed E-state index contributed by atoms with van der Waals surface area (Å²) in [5, 5.41) is 14.9. The summed E-state index contributed by atoms with van der Waals surface area (Å²) in [5.74, 6) is 0.558. The van der Waals surface area contributed by atoms with E-state index in [4.69, 9.17) is 16.3 Å². The first-order valence-electron chi connectivity index (χ1n) is 9.91. The SMILES string of the molecule is O=C(CC1CCCCC1)Nc1cn(CCC2(O)COC2)c2cccc(Cl)c12. The molecule has 5 nitrogen and oxygen atoms in total. The van der Waals surface area contributed by atoms with Gasteiger partial charge in [0.2, 0.25) is 5.91 Å². The lowest BCUT2D eigenvalue weighted by molar-refractivity contribution is -0.182. The van der Waals surface area contributed by atoms with Crippen LogP contribution in [-0.4, -0.2) is 34.4 Å². The average Bonchev–Trinajstić information content (AvgIpc) is 2.98. The molecule has 1 saturated carbocycles. The van der Waals surface area contributed by atoms with E-state index in [1.807, 2.05) is 24.4 Å². The molecule has 0 atom stereocenters. The Kier molecular flexibility index (Phi) is 5.44. The van der Waals surface area contributed by atoms with Gasteiger partial charge in [0.1, 0.15) is 5.60 Å². The van der Waals surface area contributed by atoms with E-state index in [9.17, 15) is 9.90 Å². The van der Waals surface area contributed by atoms with Gasteiger partial charge in [-0.15, -0.1) is 0 Å². The molecule has 2 fully saturated rings. The minimum absolute atomic E-state index is 0.0619. The Hall–Kier alpha value is -1.56. The quantitative estimate of drug-likeness (QED) is 0.770. The van der Waals surface area contributed by atoms with Crippen LogP contribution in [0.4, 0.5) is 5.69 Å². The summed E-state index contributed by atoms with van der Waals surface area (Å²) >= 11 is 6.45. The molecule has 4 rings (SSSR count). The number of aliphatic hydroxyl groups is 1. The molecule has 1 aromatic carbocycles. The fraction of sp³-hybridized carbons (Fsp3) is 0.571. The van der Waals surface area contributed by atoms with Crippen LogP contribution >= 0.6 is 11.6 Å². The predicted octanol–water partition coefficient (Wildman–Crippen LogP) is 4.36. The van der Waals surface area contributed by atoms with Crippen LogP contribution in [0, 0.1) is 5.92 Å². The first kappa shape index (κ1) is 18.8. The van der Waals surface area contributed by atoms with Gasteiger partial charge in [-0.3, -0.25) is 4.79 Å². The number of nitrogens with zero attached hydrogens (tertiary/aromatic N) is 1. The van der Waals surface area contributed by atoms with Crippen molar-refractivity contribution < 1.29 is 14.6 Å². The van der Waals surface area contributed by atoms with E-state index >= 15 is 0 Å². The summed E-state index contributed by atoms with van der Waals surface area (Å²) in [6, 6.07) is 5.76. The summed E-state index contributed by atoms with van der Waals surface area (Å²) in [4.78, 5) is 12.6. The van der Waals surface area contributed by atoms with E-state index in [0.29, 0.717) is 43.5 Å². The molecule has 2 aromatic rings. The fourth-order valence-corrected chi connectivity index (χ4v) is 4.53. The zero-order chi connectivity index (χ0) is 18.9. The molecule has 2 N–H and O–H groups in total. The number of aromatic nitrogens is 1. The average molecular weight is 391 g/mol. The van der Waals surface area contributed by atoms with Crippen molar-refractivity contribution in [1.29, 1.82) is 0 Å². The number of carbonyl (C=O) groups excluding carboxylic acids is 1. The molecule has 146 valence electrons. The van der Waals surface area contributed by atoms with Crippen LogP contribution in [0.3, 0.4) is 0 Å². The Labute approximate surface area is 164 Å². The number of benzene rings is 1. The lowest BCUT2D eigenvalue weighted by atomic mass is 9.87. The molecule has 0 bridgehead atoms. The number of amides is 1. The number of anilines is 1. The number of carbonyl (C=O) groups is 1. The second-order valence-electron chi connectivity index (χ2n) is 8.09. The van der Waals surface area contributed by atoms with Gasteiger partial charge < -0.3 is 19.7 Å². The third-order valence-corrected chi connectivity index (χ3v) is 6.20. The van der Waals surface area contributed by atoms with Crippen molar-refractivity contribution in [3.8, 4) is 0 Å². The summed E-state index contributed by atoms with van der Waals surface area (Å²) in [6.45, 7) is 1.42. The lowest BCUT2D eigenvalue weighted by Crippen LogP contribution is -2.50. The largest absolute Gasteiger partial charge is 0.385 e. The Morgan fingerprint density at radius 2 is 2.07 bits per heavy atom. The van der Waals surface area contributed by atoms with Gasteiger partial charge in [-0.05, 0) is 37.3 Å². The molecule has 1 amide bonds. The highest BCUT2D eigenvalue weighted by molar-refractivity contribution is 6.36. The smallest absolute Gasteiger partial charge is 0.224 e. The highest BCUT2D eigenvalue weighted by Gasteiger charge is 2.35. The van der Waals surface area contributed by atoms with Gasteiger partial charge in [-0.2, -0.15) is 0 Å². The highest BCUT2D eigenvalue weighted by Crippen LogP contribution is 2.34. The number of hydrogen-bond donors (Lipinski definition) is 2. The van der Waals surface area contributed by atoms with Gasteiger partial charge in [0.05, 0.1) is 29.4 Å². The van der Waals surface area contributed by atoms with Crippen LogP contribution < -0.4 is 5.32 Å². The third kappa shape index (κ3) is 4.15. The molecule has 2 heterocycles. The van der Waals surface area contributed by atoms with E-state index in [1.165, 1.54) is 19.3 Å². The Morgan fingerprint density at radius 1 is 1.30 bits per heavy atom. The van der Waals surface area contributed by atoms with Crippen molar-refractivity contribution >= 4 is 34.1 Å². The minimum Gasteiger partial charge on any atom is -0.385 e. The van der Waals surface area contributed by atoms with Gasteiger partial charge in [0.15, 0.2) is 0 Å². The van der Waals surface area contributed by atoms with Gasteiger partial charge in [-0.25, -0.2) is 0 Å². The summed E-state index contributed by atoms with van der Waals surface area (Å²) in [7, 11) is 0. The van der Waals surface area contributed by atoms with Gasteiger partial charge in [0, 0.05) is 24.5 Å². The Balaban J connectivity index is 1.51. The van der Waals surface area contributed by atoms with Crippen LogP contribution in [0.25, 0.3) is 10.9 Å².